The van der Waals surface area contributed by atoms with Crippen LogP contribution in [0.4, 0.5) is 0 Å². The van der Waals surface area contributed by atoms with Crippen molar-refractivity contribution in [3.63, 3.8) is 0 Å². The van der Waals surface area contributed by atoms with Gasteiger partial charge in [-0.3, -0.25) is 14.2 Å². The summed E-state index contributed by atoms with van der Waals surface area (Å²) in [5, 5.41) is 8.44. The maximum absolute atomic E-state index is 12.1. The summed E-state index contributed by atoms with van der Waals surface area (Å²) in [6.07, 6.45) is 3.53. The summed E-state index contributed by atoms with van der Waals surface area (Å²) >= 11 is 0. The molecule has 0 amide bonds. The minimum absolute atomic E-state index is 0.250. The standard InChI is InChI=1S/C14H20N4O/c1-10-14(11(2)17(3)16-10)9-13(19)6-5-12-7-8-15-18(12)4/h7-8H,5-6,9H2,1-4H3. The largest absolute Gasteiger partial charge is 0.299 e. The second-order valence-electron chi connectivity index (χ2n) is 4.93. The maximum Gasteiger partial charge on any atom is 0.137 e. The zero-order chi connectivity index (χ0) is 14.0. The molecule has 0 saturated heterocycles. The Hall–Kier alpha value is -1.91. The molecule has 0 N–H and O–H groups in total. The van der Waals surface area contributed by atoms with Crippen molar-refractivity contribution in [1.29, 1.82) is 0 Å². The number of hydrogen-bond acceptors (Lipinski definition) is 3. The number of nitrogens with zero attached hydrogens (tertiary/aromatic N) is 4. The zero-order valence-corrected chi connectivity index (χ0v) is 12.0. The molecule has 2 rings (SSSR count). The highest BCUT2D eigenvalue weighted by Gasteiger charge is 2.13. The number of aryl methyl sites for hydroxylation is 4. The smallest absolute Gasteiger partial charge is 0.137 e. The van der Waals surface area contributed by atoms with Crippen LogP contribution in [0, 0.1) is 13.8 Å². The first kappa shape index (κ1) is 13.5. The Balaban J connectivity index is 1.96. The lowest BCUT2D eigenvalue weighted by Gasteiger charge is -2.03. The quantitative estimate of drug-likeness (QED) is 0.819. The summed E-state index contributed by atoms with van der Waals surface area (Å²) in [5.74, 6) is 0.250. The normalized spacial score (nSPS) is 10.9. The molecule has 0 aliphatic rings. The molecule has 102 valence electrons. The average molecular weight is 260 g/mol. The van der Waals surface area contributed by atoms with Gasteiger partial charge in [0.25, 0.3) is 0 Å². The molecule has 0 aliphatic heterocycles. The van der Waals surface area contributed by atoms with Gasteiger partial charge in [0.2, 0.25) is 0 Å². The van der Waals surface area contributed by atoms with E-state index in [1.54, 1.807) is 6.20 Å². The molecule has 0 fully saturated rings. The van der Waals surface area contributed by atoms with Crippen LogP contribution >= 0.6 is 0 Å². The Bertz CT molecular complexity index is 595. The first-order valence-corrected chi connectivity index (χ1v) is 6.46. The number of Topliss-reactive ketones (excluding diaryl/α,β-unsaturated/α-hetero) is 1. The monoisotopic (exact) mass is 260 g/mol. The predicted molar refractivity (Wildman–Crippen MR) is 72.9 cm³/mol. The number of carbonyl (C=O) groups excluding carboxylic acids is 1. The van der Waals surface area contributed by atoms with Crippen molar-refractivity contribution in [2.75, 3.05) is 0 Å². The molecule has 0 saturated carbocycles. The van der Waals surface area contributed by atoms with Crippen molar-refractivity contribution < 1.29 is 4.79 Å². The summed E-state index contributed by atoms with van der Waals surface area (Å²) in [5.41, 5.74) is 4.19. The first-order valence-electron chi connectivity index (χ1n) is 6.46. The number of hydrogen-bond donors (Lipinski definition) is 0. The molecular weight excluding hydrogens is 240 g/mol. The Labute approximate surface area is 113 Å². The van der Waals surface area contributed by atoms with Crippen LogP contribution in [0.5, 0.6) is 0 Å². The van der Waals surface area contributed by atoms with E-state index in [0.717, 1.165) is 29.1 Å². The molecule has 0 aliphatic carbocycles. The highest BCUT2D eigenvalue weighted by atomic mass is 16.1. The molecule has 2 heterocycles. The summed E-state index contributed by atoms with van der Waals surface area (Å²) in [6.45, 7) is 3.96. The molecule has 0 unspecified atom stereocenters. The highest BCUT2D eigenvalue weighted by Crippen LogP contribution is 2.14. The first-order chi connectivity index (χ1) is 8.99. The lowest BCUT2D eigenvalue weighted by atomic mass is 10.0. The van der Waals surface area contributed by atoms with Crippen molar-refractivity contribution in [3.8, 4) is 0 Å². The second kappa shape index (κ2) is 5.38. The summed E-state index contributed by atoms with van der Waals surface area (Å²) in [7, 11) is 3.81. The number of ketones is 1. The minimum Gasteiger partial charge on any atom is -0.299 e. The molecule has 0 radical (unpaired) electrons. The molecular formula is C14H20N4O. The SMILES string of the molecule is Cc1nn(C)c(C)c1CC(=O)CCc1ccnn1C. The third-order valence-corrected chi connectivity index (χ3v) is 3.62. The van der Waals surface area contributed by atoms with Crippen molar-refractivity contribution in [3.05, 3.63) is 34.9 Å². The fourth-order valence-electron chi connectivity index (χ4n) is 2.27. The molecule has 19 heavy (non-hydrogen) atoms. The van der Waals surface area contributed by atoms with Gasteiger partial charge in [-0.05, 0) is 26.3 Å². The Kier molecular flexibility index (Phi) is 3.83. The van der Waals surface area contributed by atoms with E-state index in [9.17, 15) is 4.79 Å². The molecule has 5 heteroatoms. The summed E-state index contributed by atoms with van der Waals surface area (Å²) in [4.78, 5) is 12.1. The molecule has 0 bridgehead atoms. The lowest BCUT2D eigenvalue weighted by Crippen LogP contribution is -2.08. The van der Waals surface area contributed by atoms with E-state index in [1.807, 2.05) is 43.4 Å². The topological polar surface area (TPSA) is 52.7 Å². The van der Waals surface area contributed by atoms with E-state index in [4.69, 9.17) is 0 Å². The van der Waals surface area contributed by atoms with E-state index >= 15 is 0 Å². The Morgan fingerprint density at radius 3 is 2.53 bits per heavy atom. The van der Waals surface area contributed by atoms with Gasteiger partial charge in [0.15, 0.2) is 0 Å². The van der Waals surface area contributed by atoms with Crippen molar-refractivity contribution in [2.45, 2.75) is 33.1 Å². The molecule has 0 atom stereocenters. The van der Waals surface area contributed by atoms with Gasteiger partial charge in [0.1, 0.15) is 5.78 Å². The predicted octanol–water partition coefficient (Wildman–Crippen LogP) is 1.51. The summed E-state index contributed by atoms with van der Waals surface area (Å²) < 4.78 is 3.65. The van der Waals surface area contributed by atoms with Crippen LogP contribution in [0.1, 0.15) is 29.1 Å². The average Bonchev–Trinajstić information content (AvgIpc) is 2.86. The van der Waals surface area contributed by atoms with Crippen molar-refractivity contribution in [2.24, 2.45) is 14.1 Å². The van der Waals surface area contributed by atoms with Gasteiger partial charge in [-0.2, -0.15) is 10.2 Å². The van der Waals surface area contributed by atoms with Gasteiger partial charge in [-0.1, -0.05) is 0 Å². The van der Waals surface area contributed by atoms with E-state index in [-0.39, 0.29) is 5.78 Å². The fourth-order valence-corrected chi connectivity index (χ4v) is 2.27. The van der Waals surface area contributed by atoms with E-state index in [0.29, 0.717) is 12.8 Å². The van der Waals surface area contributed by atoms with Gasteiger partial charge in [0.05, 0.1) is 5.69 Å². The van der Waals surface area contributed by atoms with Crippen molar-refractivity contribution >= 4 is 5.78 Å². The van der Waals surface area contributed by atoms with Crippen LogP contribution in [0.25, 0.3) is 0 Å². The molecule has 0 aromatic carbocycles. The number of rotatable bonds is 5. The van der Waals surface area contributed by atoms with E-state index in [2.05, 4.69) is 10.2 Å². The molecule has 5 nitrogen and oxygen atoms in total. The second-order valence-corrected chi connectivity index (χ2v) is 4.93. The van der Waals surface area contributed by atoms with Crippen LogP contribution in [-0.2, 0) is 31.7 Å². The summed E-state index contributed by atoms with van der Waals surface area (Å²) in [6, 6.07) is 1.95. The van der Waals surface area contributed by atoms with Crippen LogP contribution in [0.15, 0.2) is 12.3 Å². The van der Waals surface area contributed by atoms with Crippen LogP contribution in [-0.4, -0.2) is 25.3 Å². The molecule has 2 aromatic heterocycles. The van der Waals surface area contributed by atoms with E-state index in [1.165, 1.54) is 0 Å². The van der Waals surface area contributed by atoms with Gasteiger partial charge < -0.3 is 0 Å². The van der Waals surface area contributed by atoms with E-state index < -0.39 is 0 Å². The fraction of sp³-hybridized carbons (Fsp3) is 0.500. The molecule has 2 aromatic rings. The third-order valence-electron chi connectivity index (χ3n) is 3.62. The Morgan fingerprint density at radius 2 is 2.00 bits per heavy atom. The molecule has 0 spiro atoms. The third kappa shape index (κ3) is 2.92. The van der Waals surface area contributed by atoms with Gasteiger partial charge in [-0.15, -0.1) is 0 Å². The number of aromatic nitrogens is 4. The Morgan fingerprint density at radius 1 is 1.26 bits per heavy atom. The van der Waals surface area contributed by atoms with Crippen molar-refractivity contribution in [1.82, 2.24) is 19.6 Å². The lowest BCUT2D eigenvalue weighted by molar-refractivity contribution is -0.118. The number of carbonyl (C=O) groups is 1. The van der Waals surface area contributed by atoms with Crippen LogP contribution in [0.3, 0.4) is 0 Å². The minimum atomic E-state index is 0.250. The van der Waals surface area contributed by atoms with Crippen LogP contribution in [0.2, 0.25) is 0 Å². The van der Waals surface area contributed by atoms with Gasteiger partial charge in [0, 0.05) is 50.1 Å². The highest BCUT2D eigenvalue weighted by molar-refractivity contribution is 5.81. The van der Waals surface area contributed by atoms with Gasteiger partial charge in [-0.25, -0.2) is 0 Å². The van der Waals surface area contributed by atoms with Gasteiger partial charge >= 0.3 is 0 Å². The van der Waals surface area contributed by atoms with Crippen LogP contribution < -0.4 is 0 Å². The zero-order valence-electron chi connectivity index (χ0n) is 12.0. The maximum atomic E-state index is 12.1.